The van der Waals surface area contributed by atoms with Gasteiger partial charge in [0.2, 0.25) is 0 Å². The fraction of sp³-hybridized carbons (Fsp3) is 0.375. The van der Waals surface area contributed by atoms with Crippen molar-refractivity contribution in [1.29, 1.82) is 0 Å². The summed E-state index contributed by atoms with van der Waals surface area (Å²) in [5.74, 6) is -0.365. The number of carbonyl (C=O) groups excluding carboxylic acids is 1. The number of aliphatic hydroxyl groups excluding tert-OH is 1. The summed E-state index contributed by atoms with van der Waals surface area (Å²) < 4.78 is 0. The quantitative estimate of drug-likeness (QED) is 0.908. The van der Waals surface area contributed by atoms with E-state index in [1.807, 2.05) is 17.5 Å². The lowest BCUT2D eigenvalue weighted by atomic mass is 10.1. The molecule has 2 aromatic rings. The lowest BCUT2D eigenvalue weighted by molar-refractivity contribution is 0.0661. The third-order valence-corrected chi connectivity index (χ3v) is 4.97. The van der Waals surface area contributed by atoms with Gasteiger partial charge in [-0.05, 0) is 42.8 Å². The number of aliphatic hydroxyl groups is 1. The Hall–Kier alpha value is -1.92. The van der Waals surface area contributed by atoms with Crippen molar-refractivity contribution in [3.63, 3.8) is 0 Å². The fourth-order valence-electron chi connectivity index (χ4n) is 2.90. The number of nitrogens with zero attached hydrogens (tertiary/aromatic N) is 2. The number of amides is 1. The highest BCUT2D eigenvalue weighted by atomic mass is 32.1. The van der Waals surface area contributed by atoms with E-state index in [2.05, 4.69) is 4.98 Å². The molecule has 0 spiro atoms. The minimum Gasteiger partial charge on any atom is -0.505 e. The van der Waals surface area contributed by atoms with Crippen molar-refractivity contribution in [3.8, 4) is 5.75 Å². The molecule has 1 fully saturated rings. The lowest BCUT2D eigenvalue weighted by Gasteiger charge is -2.26. The SMILES string of the molecule is O=C(c1ncccc1O)N1CCC[C@H]1C[C@@H](O)c1cccs1. The molecule has 2 atom stereocenters. The summed E-state index contributed by atoms with van der Waals surface area (Å²) in [6.45, 7) is 0.636. The molecule has 1 amide bonds. The van der Waals surface area contributed by atoms with E-state index in [1.54, 1.807) is 11.0 Å². The molecular weight excluding hydrogens is 300 g/mol. The molecular formula is C16H18N2O3S. The van der Waals surface area contributed by atoms with Gasteiger partial charge < -0.3 is 15.1 Å². The van der Waals surface area contributed by atoms with Crippen LogP contribution in [0.5, 0.6) is 5.75 Å². The third kappa shape index (κ3) is 2.98. The van der Waals surface area contributed by atoms with Gasteiger partial charge in [0.25, 0.3) is 5.91 Å². The van der Waals surface area contributed by atoms with Crippen molar-refractivity contribution < 1.29 is 15.0 Å². The van der Waals surface area contributed by atoms with E-state index in [4.69, 9.17) is 0 Å². The van der Waals surface area contributed by atoms with Gasteiger partial charge in [0.1, 0.15) is 5.75 Å². The molecule has 3 heterocycles. The van der Waals surface area contributed by atoms with Gasteiger partial charge in [-0.25, -0.2) is 4.98 Å². The first-order valence-corrected chi connectivity index (χ1v) is 8.21. The average Bonchev–Trinajstić information content (AvgIpc) is 3.18. The molecule has 0 bridgehead atoms. The van der Waals surface area contributed by atoms with E-state index < -0.39 is 6.10 Å². The molecule has 2 N–H and O–H groups in total. The number of pyridine rings is 1. The van der Waals surface area contributed by atoms with Crippen LogP contribution in [0, 0.1) is 0 Å². The molecule has 0 unspecified atom stereocenters. The Bertz CT molecular complexity index is 645. The third-order valence-electron chi connectivity index (χ3n) is 3.99. The van der Waals surface area contributed by atoms with E-state index in [0.29, 0.717) is 13.0 Å². The summed E-state index contributed by atoms with van der Waals surface area (Å²) in [6, 6.07) is 6.85. The van der Waals surface area contributed by atoms with Gasteiger partial charge in [0.05, 0.1) is 6.10 Å². The first-order valence-electron chi connectivity index (χ1n) is 7.33. The van der Waals surface area contributed by atoms with Gasteiger partial charge in [-0.1, -0.05) is 6.07 Å². The molecule has 0 saturated carbocycles. The Morgan fingerprint density at radius 2 is 2.32 bits per heavy atom. The van der Waals surface area contributed by atoms with Crippen LogP contribution in [0.2, 0.25) is 0 Å². The number of likely N-dealkylation sites (tertiary alicyclic amines) is 1. The molecule has 116 valence electrons. The molecule has 0 aliphatic carbocycles. The predicted molar refractivity (Wildman–Crippen MR) is 83.9 cm³/mol. The smallest absolute Gasteiger partial charge is 0.276 e. The Labute approximate surface area is 132 Å². The Balaban J connectivity index is 1.73. The second kappa shape index (κ2) is 6.46. The van der Waals surface area contributed by atoms with Crippen LogP contribution in [0.3, 0.4) is 0 Å². The second-order valence-electron chi connectivity index (χ2n) is 5.43. The number of hydrogen-bond donors (Lipinski definition) is 2. The average molecular weight is 318 g/mol. The number of thiophene rings is 1. The lowest BCUT2D eigenvalue weighted by Crippen LogP contribution is -2.36. The van der Waals surface area contributed by atoms with Crippen LogP contribution in [0.4, 0.5) is 0 Å². The van der Waals surface area contributed by atoms with E-state index in [0.717, 1.165) is 17.7 Å². The zero-order valence-corrected chi connectivity index (χ0v) is 12.9. The Morgan fingerprint density at radius 3 is 3.05 bits per heavy atom. The first-order chi connectivity index (χ1) is 10.7. The molecule has 1 saturated heterocycles. The van der Waals surface area contributed by atoms with Crippen LogP contribution in [0.15, 0.2) is 35.8 Å². The van der Waals surface area contributed by atoms with E-state index in [1.165, 1.54) is 23.6 Å². The Kier molecular flexibility index (Phi) is 4.40. The van der Waals surface area contributed by atoms with Crippen LogP contribution in [-0.2, 0) is 0 Å². The normalized spacial score (nSPS) is 19.3. The number of aromatic hydroxyl groups is 1. The summed E-state index contributed by atoms with van der Waals surface area (Å²) in [7, 11) is 0. The van der Waals surface area contributed by atoms with Crippen molar-refractivity contribution in [2.45, 2.75) is 31.4 Å². The molecule has 1 aliphatic heterocycles. The molecule has 0 aromatic carbocycles. The van der Waals surface area contributed by atoms with E-state index in [-0.39, 0.29) is 23.4 Å². The number of rotatable bonds is 4. The van der Waals surface area contributed by atoms with Crippen molar-refractivity contribution >= 4 is 17.2 Å². The molecule has 5 nitrogen and oxygen atoms in total. The second-order valence-corrected chi connectivity index (χ2v) is 6.41. The van der Waals surface area contributed by atoms with Crippen molar-refractivity contribution in [2.75, 3.05) is 6.54 Å². The summed E-state index contributed by atoms with van der Waals surface area (Å²) in [6.07, 6.45) is 3.22. The highest BCUT2D eigenvalue weighted by Crippen LogP contribution is 2.31. The van der Waals surface area contributed by atoms with Gasteiger partial charge in [0.15, 0.2) is 5.69 Å². The largest absolute Gasteiger partial charge is 0.505 e. The van der Waals surface area contributed by atoms with E-state index >= 15 is 0 Å². The molecule has 6 heteroatoms. The molecule has 2 aromatic heterocycles. The summed E-state index contributed by atoms with van der Waals surface area (Å²) in [5.41, 5.74) is 0.0833. The number of hydrogen-bond acceptors (Lipinski definition) is 5. The zero-order valence-electron chi connectivity index (χ0n) is 12.1. The first kappa shape index (κ1) is 15.0. The summed E-state index contributed by atoms with van der Waals surface area (Å²) in [5, 5.41) is 22.0. The van der Waals surface area contributed by atoms with Gasteiger partial charge in [-0.15, -0.1) is 11.3 Å². The van der Waals surface area contributed by atoms with Gasteiger partial charge in [-0.2, -0.15) is 0 Å². The molecule has 0 radical (unpaired) electrons. The van der Waals surface area contributed by atoms with E-state index in [9.17, 15) is 15.0 Å². The minimum absolute atomic E-state index is 0.0222. The number of aromatic nitrogens is 1. The highest BCUT2D eigenvalue weighted by Gasteiger charge is 2.33. The van der Waals surface area contributed by atoms with Crippen LogP contribution >= 0.6 is 11.3 Å². The van der Waals surface area contributed by atoms with Gasteiger partial charge in [0, 0.05) is 23.7 Å². The predicted octanol–water partition coefficient (Wildman–Crippen LogP) is 2.58. The maximum atomic E-state index is 12.6. The topological polar surface area (TPSA) is 73.7 Å². The van der Waals surface area contributed by atoms with Crippen molar-refractivity contribution in [3.05, 3.63) is 46.4 Å². The maximum Gasteiger partial charge on any atom is 0.276 e. The van der Waals surface area contributed by atoms with Crippen LogP contribution in [-0.4, -0.2) is 38.6 Å². The monoisotopic (exact) mass is 318 g/mol. The molecule has 3 rings (SSSR count). The maximum absolute atomic E-state index is 12.6. The summed E-state index contributed by atoms with van der Waals surface area (Å²) in [4.78, 5) is 19.2. The van der Waals surface area contributed by atoms with Crippen molar-refractivity contribution in [2.24, 2.45) is 0 Å². The molecule has 22 heavy (non-hydrogen) atoms. The van der Waals surface area contributed by atoms with Gasteiger partial charge in [-0.3, -0.25) is 4.79 Å². The molecule has 1 aliphatic rings. The van der Waals surface area contributed by atoms with Crippen LogP contribution in [0.25, 0.3) is 0 Å². The zero-order chi connectivity index (χ0) is 15.5. The van der Waals surface area contributed by atoms with Crippen LogP contribution < -0.4 is 0 Å². The summed E-state index contributed by atoms with van der Waals surface area (Å²) >= 11 is 1.52. The fourth-order valence-corrected chi connectivity index (χ4v) is 3.63. The van der Waals surface area contributed by atoms with Crippen molar-refractivity contribution in [1.82, 2.24) is 9.88 Å². The van der Waals surface area contributed by atoms with Gasteiger partial charge >= 0.3 is 0 Å². The minimum atomic E-state index is -0.560. The highest BCUT2D eigenvalue weighted by molar-refractivity contribution is 7.10. The van der Waals surface area contributed by atoms with Crippen LogP contribution in [0.1, 0.15) is 40.7 Å². The number of carbonyl (C=O) groups is 1. The Morgan fingerprint density at radius 1 is 1.45 bits per heavy atom. The standard InChI is InChI=1S/C16H18N2O3S/c19-12-5-1-7-17-15(12)16(21)18-8-2-4-11(18)10-13(20)14-6-3-9-22-14/h1,3,5-7,9,11,13,19-20H,2,4,8,10H2/t11-,13+/m0/s1.